The highest BCUT2D eigenvalue weighted by Gasteiger charge is 2.31. The maximum Gasteiger partial charge on any atom is 0.416 e. The number of fused-ring (bicyclic) bond motifs is 1. The maximum absolute atomic E-state index is 13.4. The second-order valence-corrected chi connectivity index (χ2v) is 10.9. The molecular weight excluding hydrogens is 523 g/mol. The van der Waals surface area contributed by atoms with Crippen LogP contribution in [0.5, 0.6) is 0 Å². The number of halogens is 3. The Kier molecular flexibility index (Phi) is 7.30. The van der Waals surface area contributed by atoms with Crippen molar-refractivity contribution in [2.45, 2.75) is 32.0 Å². The standard InChI is InChI=1S/C34H32F3N3O/c1-23-6-5-9-31(32(23)24-10-13-27(14-11-24)34(35,36)37)33(41)38-28-15-12-25-21-30(22-26(25)20-28)40-18-16-39(17-19-40)29-7-3-2-4-8-29/h2-15,20,30H,16-19,21-22H2,1H3,(H,38,41). The highest BCUT2D eigenvalue weighted by Crippen LogP contribution is 2.34. The number of hydrogen-bond acceptors (Lipinski definition) is 3. The molecule has 1 heterocycles. The van der Waals surface area contributed by atoms with Gasteiger partial charge >= 0.3 is 6.18 Å². The van der Waals surface area contributed by atoms with E-state index in [1.54, 1.807) is 12.1 Å². The highest BCUT2D eigenvalue weighted by atomic mass is 19.4. The van der Waals surface area contributed by atoms with Crippen LogP contribution in [0.25, 0.3) is 11.1 Å². The predicted octanol–water partition coefficient (Wildman–Crippen LogP) is 7.22. The molecule has 1 atom stereocenters. The summed E-state index contributed by atoms with van der Waals surface area (Å²) in [6.45, 7) is 5.93. The molecule has 1 aliphatic carbocycles. The second-order valence-electron chi connectivity index (χ2n) is 10.9. The topological polar surface area (TPSA) is 35.6 Å². The van der Waals surface area contributed by atoms with Gasteiger partial charge in [-0.05, 0) is 90.0 Å². The molecule has 7 heteroatoms. The third kappa shape index (κ3) is 5.72. The lowest BCUT2D eigenvalue weighted by atomic mass is 9.93. The van der Waals surface area contributed by atoms with Crippen LogP contribution < -0.4 is 10.2 Å². The van der Waals surface area contributed by atoms with Crippen molar-refractivity contribution in [1.82, 2.24) is 4.90 Å². The van der Waals surface area contributed by atoms with E-state index in [1.807, 2.05) is 25.1 Å². The van der Waals surface area contributed by atoms with Gasteiger partial charge in [-0.3, -0.25) is 9.69 Å². The molecule has 4 aromatic rings. The Balaban J connectivity index is 1.13. The molecule has 210 valence electrons. The molecule has 0 radical (unpaired) electrons. The Labute approximate surface area is 238 Å². The van der Waals surface area contributed by atoms with E-state index in [9.17, 15) is 18.0 Å². The number of carbonyl (C=O) groups is 1. The van der Waals surface area contributed by atoms with Gasteiger partial charge in [0.15, 0.2) is 0 Å². The molecule has 2 aliphatic rings. The Morgan fingerprint density at radius 1 is 0.805 bits per heavy atom. The first kappa shape index (κ1) is 27.1. The molecule has 0 spiro atoms. The van der Waals surface area contributed by atoms with Crippen molar-refractivity contribution in [3.63, 3.8) is 0 Å². The molecule has 4 nitrogen and oxygen atoms in total. The number of carbonyl (C=O) groups excluding carboxylic acids is 1. The third-order valence-electron chi connectivity index (χ3n) is 8.35. The first-order chi connectivity index (χ1) is 19.8. The summed E-state index contributed by atoms with van der Waals surface area (Å²) < 4.78 is 39.3. The number of anilines is 2. The van der Waals surface area contributed by atoms with Crippen molar-refractivity contribution in [2.75, 3.05) is 36.4 Å². The molecule has 41 heavy (non-hydrogen) atoms. The SMILES string of the molecule is Cc1cccc(C(=O)Nc2ccc3c(c2)CC(N2CCN(c4ccccc4)CC2)C3)c1-c1ccc(C(F)(F)F)cc1. The van der Waals surface area contributed by atoms with Crippen molar-refractivity contribution in [3.8, 4) is 11.1 Å². The minimum Gasteiger partial charge on any atom is -0.369 e. The van der Waals surface area contributed by atoms with Crippen LogP contribution >= 0.6 is 0 Å². The van der Waals surface area contributed by atoms with Crippen molar-refractivity contribution in [2.24, 2.45) is 0 Å². The number of hydrogen-bond donors (Lipinski definition) is 1. The summed E-state index contributed by atoms with van der Waals surface area (Å²) in [5.74, 6) is -0.282. The molecule has 1 fully saturated rings. The van der Waals surface area contributed by atoms with Crippen LogP contribution in [0, 0.1) is 6.92 Å². The van der Waals surface area contributed by atoms with E-state index in [-0.39, 0.29) is 5.91 Å². The zero-order valence-electron chi connectivity index (χ0n) is 22.9. The average Bonchev–Trinajstić information content (AvgIpc) is 3.41. The summed E-state index contributed by atoms with van der Waals surface area (Å²) in [4.78, 5) is 18.5. The van der Waals surface area contributed by atoms with Crippen LogP contribution in [0.15, 0.2) is 91.0 Å². The molecule has 0 bridgehead atoms. The molecule has 1 amide bonds. The van der Waals surface area contributed by atoms with Gasteiger partial charge in [-0.1, -0.05) is 48.5 Å². The lowest BCUT2D eigenvalue weighted by molar-refractivity contribution is -0.137. The fourth-order valence-electron chi connectivity index (χ4n) is 6.18. The van der Waals surface area contributed by atoms with Gasteiger partial charge in [0.1, 0.15) is 0 Å². The number of rotatable bonds is 5. The third-order valence-corrected chi connectivity index (χ3v) is 8.35. The first-order valence-electron chi connectivity index (χ1n) is 14.0. The van der Waals surface area contributed by atoms with Crippen LogP contribution in [-0.4, -0.2) is 43.0 Å². The van der Waals surface area contributed by atoms with E-state index in [0.717, 1.165) is 62.4 Å². The lowest BCUT2D eigenvalue weighted by Gasteiger charge is -2.39. The number of amides is 1. The van der Waals surface area contributed by atoms with Crippen LogP contribution in [-0.2, 0) is 19.0 Å². The number of nitrogens with one attached hydrogen (secondary N) is 1. The highest BCUT2D eigenvalue weighted by molar-refractivity contribution is 6.09. The molecule has 6 rings (SSSR count). The van der Waals surface area contributed by atoms with Gasteiger partial charge < -0.3 is 10.2 Å². The Morgan fingerprint density at radius 3 is 2.22 bits per heavy atom. The van der Waals surface area contributed by atoms with E-state index < -0.39 is 11.7 Å². The molecule has 0 aromatic heterocycles. The van der Waals surface area contributed by atoms with Gasteiger partial charge in [-0.25, -0.2) is 0 Å². The summed E-state index contributed by atoms with van der Waals surface area (Å²) >= 11 is 0. The summed E-state index contributed by atoms with van der Waals surface area (Å²) in [6.07, 6.45) is -2.45. The van der Waals surface area contributed by atoms with Crippen LogP contribution in [0.2, 0.25) is 0 Å². The van der Waals surface area contributed by atoms with Crippen LogP contribution in [0.1, 0.15) is 32.6 Å². The predicted molar refractivity (Wildman–Crippen MR) is 157 cm³/mol. The minimum atomic E-state index is -4.41. The summed E-state index contributed by atoms with van der Waals surface area (Å²) in [7, 11) is 0. The number of aryl methyl sites for hydroxylation is 1. The fourth-order valence-corrected chi connectivity index (χ4v) is 6.18. The van der Waals surface area contributed by atoms with Gasteiger partial charge in [-0.15, -0.1) is 0 Å². The van der Waals surface area contributed by atoms with Crippen molar-refractivity contribution in [3.05, 3.63) is 119 Å². The monoisotopic (exact) mass is 555 g/mol. The quantitative estimate of drug-likeness (QED) is 0.282. The molecular formula is C34H32F3N3O. The van der Waals surface area contributed by atoms with Crippen molar-refractivity contribution < 1.29 is 18.0 Å². The number of para-hydroxylation sites is 1. The molecule has 1 N–H and O–H groups in total. The van der Waals surface area contributed by atoms with E-state index in [1.165, 1.54) is 28.9 Å². The van der Waals surface area contributed by atoms with Crippen molar-refractivity contribution >= 4 is 17.3 Å². The maximum atomic E-state index is 13.4. The molecule has 4 aromatic carbocycles. The average molecular weight is 556 g/mol. The Hall–Kier alpha value is -4.10. The number of piperazine rings is 1. The smallest absolute Gasteiger partial charge is 0.369 e. The van der Waals surface area contributed by atoms with Gasteiger partial charge in [0, 0.05) is 49.2 Å². The largest absolute Gasteiger partial charge is 0.416 e. The first-order valence-corrected chi connectivity index (χ1v) is 14.0. The molecule has 1 aliphatic heterocycles. The van der Waals surface area contributed by atoms with Gasteiger partial charge in [0.2, 0.25) is 0 Å². The van der Waals surface area contributed by atoms with Crippen LogP contribution in [0.3, 0.4) is 0 Å². The van der Waals surface area contributed by atoms with E-state index in [0.29, 0.717) is 22.7 Å². The second kappa shape index (κ2) is 11.1. The number of benzene rings is 4. The van der Waals surface area contributed by atoms with Crippen molar-refractivity contribution in [1.29, 1.82) is 0 Å². The zero-order chi connectivity index (χ0) is 28.6. The molecule has 0 saturated carbocycles. The Morgan fingerprint density at radius 2 is 1.51 bits per heavy atom. The summed E-state index contributed by atoms with van der Waals surface area (Å²) in [5.41, 5.74) is 6.32. The van der Waals surface area contributed by atoms with Gasteiger partial charge in [0.25, 0.3) is 5.91 Å². The summed E-state index contributed by atoms with van der Waals surface area (Å²) in [6, 6.07) is 27.5. The number of nitrogens with zero attached hydrogens (tertiary/aromatic N) is 2. The normalized spacial score (nSPS) is 17.4. The van der Waals surface area contributed by atoms with Gasteiger partial charge in [-0.2, -0.15) is 13.2 Å². The van der Waals surface area contributed by atoms with E-state index >= 15 is 0 Å². The Bertz CT molecular complexity index is 1540. The zero-order valence-corrected chi connectivity index (χ0v) is 22.9. The van der Waals surface area contributed by atoms with E-state index in [2.05, 4.69) is 51.5 Å². The molecule has 1 unspecified atom stereocenters. The lowest BCUT2D eigenvalue weighted by Crippen LogP contribution is -2.50. The van der Waals surface area contributed by atoms with E-state index in [4.69, 9.17) is 0 Å². The molecule has 1 saturated heterocycles. The summed E-state index contributed by atoms with van der Waals surface area (Å²) in [5, 5.41) is 3.04. The van der Waals surface area contributed by atoms with Gasteiger partial charge in [0.05, 0.1) is 5.56 Å². The minimum absolute atomic E-state index is 0.282. The number of alkyl halides is 3. The van der Waals surface area contributed by atoms with Crippen LogP contribution in [0.4, 0.5) is 24.5 Å². The fraction of sp³-hybridized carbons (Fsp3) is 0.265.